The Morgan fingerprint density at radius 3 is 1.76 bits per heavy atom. The molecule has 6 rings (SSSR count). The Morgan fingerprint density at radius 1 is 0.695 bits per heavy atom. The van der Waals surface area contributed by atoms with Crippen LogP contribution in [0.2, 0.25) is 0 Å². The van der Waals surface area contributed by atoms with Crippen molar-refractivity contribution >= 4 is 18.0 Å². The van der Waals surface area contributed by atoms with Crippen molar-refractivity contribution in [3.63, 3.8) is 0 Å². The maximum absolute atomic E-state index is 13.7. The van der Waals surface area contributed by atoms with Crippen LogP contribution < -0.4 is 0 Å². The van der Waals surface area contributed by atoms with Gasteiger partial charge in [0, 0.05) is 18.5 Å². The van der Waals surface area contributed by atoms with Crippen molar-refractivity contribution < 1.29 is 28.6 Å². The molecule has 1 heterocycles. The summed E-state index contributed by atoms with van der Waals surface area (Å²) >= 11 is 0. The summed E-state index contributed by atoms with van der Waals surface area (Å²) in [4.78, 5) is 42.3. The molecule has 0 saturated heterocycles. The van der Waals surface area contributed by atoms with Crippen LogP contribution in [0, 0.1) is 5.92 Å². The van der Waals surface area contributed by atoms with Crippen molar-refractivity contribution in [3.8, 4) is 22.5 Å². The number of tetrazole rings is 1. The van der Waals surface area contributed by atoms with Gasteiger partial charge in [-0.3, -0.25) is 4.79 Å². The molecule has 6 aromatic rings. The number of amides is 1. The van der Waals surface area contributed by atoms with Crippen LogP contribution in [0.5, 0.6) is 0 Å². The Morgan fingerprint density at radius 2 is 1.24 bits per heavy atom. The predicted octanol–water partition coefficient (Wildman–Crippen LogP) is 9.45. The van der Waals surface area contributed by atoms with Gasteiger partial charge in [0.05, 0.1) is 6.10 Å². The summed E-state index contributed by atoms with van der Waals surface area (Å²) in [7, 11) is 0. The zero-order chi connectivity index (χ0) is 41.8. The standard InChI is InChI=1S/C48H51N5O6/c1-6-7-27-43(54)52(44(34(2)3)46(55)57-33-58-47(56)59-35(4)5)32-36-28-30-37(31-29-36)41-25-17-18-26-42(41)45-49-51-53(50-45)48(38-19-11-8-12-20-38,39-21-13-9-14-22-39)40-23-15-10-16-24-40/h8-26,28-31,34-35,44H,6-7,27,32-33H2,1-5H3. The van der Waals surface area contributed by atoms with E-state index in [1.54, 1.807) is 23.5 Å². The van der Waals surface area contributed by atoms with E-state index in [1.807, 2.05) is 124 Å². The molecule has 0 radical (unpaired) electrons. The number of hydrogen-bond acceptors (Lipinski definition) is 9. The van der Waals surface area contributed by atoms with Gasteiger partial charge in [-0.1, -0.05) is 167 Å². The van der Waals surface area contributed by atoms with Crippen LogP contribution in [0.1, 0.15) is 76.1 Å². The number of hydrogen-bond donors (Lipinski definition) is 0. The Labute approximate surface area is 345 Å². The van der Waals surface area contributed by atoms with Gasteiger partial charge in [0.15, 0.2) is 5.54 Å². The molecule has 0 saturated carbocycles. The zero-order valence-corrected chi connectivity index (χ0v) is 34.2. The summed E-state index contributed by atoms with van der Waals surface area (Å²) in [5.41, 5.74) is 5.48. The molecule has 0 aliphatic heterocycles. The molecule has 0 spiro atoms. The quantitative estimate of drug-likeness (QED) is 0.0504. The number of nitrogens with zero attached hydrogens (tertiary/aromatic N) is 5. The summed E-state index contributed by atoms with van der Waals surface area (Å²) in [6.45, 7) is 8.65. The van der Waals surface area contributed by atoms with E-state index < -0.39 is 30.5 Å². The minimum atomic E-state index is -0.938. The number of rotatable bonds is 17. The third-order valence-corrected chi connectivity index (χ3v) is 10.1. The van der Waals surface area contributed by atoms with Crippen LogP contribution in [0.25, 0.3) is 22.5 Å². The van der Waals surface area contributed by atoms with E-state index in [-0.39, 0.29) is 30.9 Å². The van der Waals surface area contributed by atoms with Gasteiger partial charge in [-0.05, 0) is 64.8 Å². The average molecular weight is 794 g/mol. The molecule has 0 aliphatic rings. The first kappa shape index (κ1) is 42.0. The zero-order valence-electron chi connectivity index (χ0n) is 34.2. The molecule has 1 unspecified atom stereocenters. The number of ether oxygens (including phenoxy) is 3. The van der Waals surface area contributed by atoms with E-state index in [9.17, 15) is 14.4 Å². The summed E-state index contributed by atoms with van der Waals surface area (Å²) in [5.74, 6) is -0.649. The Balaban J connectivity index is 1.31. The monoisotopic (exact) mass is 793 g/mol. The molecule has 0 bridgehead atoms. The maximum Gasteiger partial charge on any atom is 0.511 e. The molecule has 304 valence electrons. The smallest absolute Gasteiger partial charge is 0.431 e. The first-order valence-electron chi connectivity index (χ1n) is 20.1. The highest BCUT2D eigenvalue weighted by atomic mass is 16.8. The fraction of sp³-hybridized carbons (Fsp3) is 0.292. The highest BCUT2D eigenvalue weighted by Gasteiger charge is 2.41. The van der Waals surface area contributed by atoms with E-state index >= 15 is 0 Å². The molecular weight excluding hydrogens is 743 g/mol. The second-order valence-electron chi connectivity index (χ2n) is 14.9. The van der Waals surface area contributed by atoms with Crippen molar-refractivity contribution in [3.05, 3.63) is 162 Å². The van der Waals surface area contributed by atoms with Crippen LogP contribution in [0.3, 0.4) is 0 Å². The largest absolute Gasteiger partial charge is 0.511 e. The second-order valence-corrected chi connectivity index (χ2v) is 14.9. The third kappa shape index (κ3) is 9.75. The lowest BCUT2D eigenvalue weighted by Crippen LogP contribution is -2.48. The molecule has 0 N–H and O–H groups in total. The lowest BCUT2D eigenvalue weighted by Gasteiger charge is -2.34. The summed E-state index contributed by atoms with van der Waals surface area (Å²) in [6.07, 6.45) is 0.461. The van der Waals surface area contributed by atoms with Gasteiger partial charge in [0.2, 0.25) is 18.5 Å². The fourth-order valence-electron chi connectivity index (χ4n) is 7.29. The number of carbonyl (C=O) groups excluding carboxylic acids is 3. The van der Waals surface area contributed by atoms with Crippen molar-refractivity contribution in [1.82, 2.24) is 25.1 Å². The van der Waals surface area contributed by atoms with E-state index in [1.165, 1.54) is 0 Å². The number of aromatic nitrogens is 4. The van der Waals surface area contributed by atoms with Gasteiger partial charge in [-0.2, -0.15) is 0 Å². The van der Waals surface area contributed by atoms with Crippen LogP contribution in [0.15, 0.2) is 140 Å². The minimum absolute atomic E-state index is 0.163. The summed E-state index contributed by atoms with van der Waals surface area (Å²) < 4.78 is 15.2. The second kappa shape index (κ2) is 19.7. The number of carbonyl (C=O) groups is 3. The Kier molecular flexibility index (Phi) is 14.0. The Hall–Kier alpha value is -6.62. The SMILES string of the molecule is CCCCC(=O)N(Cc1ccc(-c2ccccc2-c2nnn(C(c3ccccc3)(c3ccccc3)c3ccccc3)n2)cc1)C(C(=O)OCOC(=O)OC(C)C)C(C)C. The molecule has 5 aromatic carbocycles. The van der Waals surface area contributed by atoms with Crippen LogP contribution in [-0.4, -0.2) is 62.1 Å². The normalized spacial score (nSPS) is 11.9. The van der Waals surface area contributed by atoms with Crippen molar-refractivity contribution in [2.24, 2.45) is 5.92 Å². The van der Waals surface area contributed by atoms with E-state index in [4.69, 9.17) is 29.6 Å². The van der Waals surface area contributed by atoms with Gasteiger partial charge < -0.3 is 19.1 Å². The highest BCUT2D eigenvalue weighted by molar-refractivity contribution is 5.85. The Bertz CT molecular complexity index is 2180. The minimum Gasteiger partial charge on any atom is -0.431 e. The molecule has 1 aromatic heterocycles. The summed E-state index contributed by atoms with van der Waals surface area (Å²) in [6, 6.07) is 45.5. The first-order valence-corrected chi connectivity index (χ1v) is 20.1. The van der Waals surface area contributed by atoms with Crippen molar-refractivity contribution in [1.29, 1.82) is 0 Å². The number of benzene rings is 5. The molecule has 1 atom stereocenters. The van der Waals surface area contributed by atoms with Gasteiger partial charge in [0.1, 0.15) is 6.04 Å². The molecule has 0 aliphatic carbocycles. The number of esters is 1. The lowest BCUT2D eigenvalue weighted by molar-refractivity contribution is -0.166. The van der Waals surface area contributed by atoms with Crippen LogP contribution >= 0.6 is 0 Å². The van der Waals surface area contributed by atoms with Crippen molar-refractivity contribution in [2.75, 3.05) is 6.79 Å². The van der Waals surface area contributed by atoms with Gasteiger partial charge in [-0.25, -0.2) is 9.59 Å². The number of unbranched alkanes of at least 4 members (excludes halogenated alkanes) is 1. The van der Waals surface area contributed by atoms with Gasteiger partial charge in [0.25, 0.3) is 0 Å². The van der Waals surface area contributed by atoms with E-state index in [2.05, 4.69) is 36.4 Å². The topological polar surface area (TPSA) is 126 Å². The average Bonchev–Trinajstić information content (AvgIpc) is 3.74. The molecule has 1 amide bonds. The lowest BCUT2D eigenvalue weighted by atomic mass is 9.77. The molecule has 11 nitrogen and oxygen atoms in total. The van der Waals surface area contributed by atoms with Crippen molar-refractivity contribution in [2.45, 2.75) is 78.1 Å². The van der Waals surface area contributed by atoms with E-state index in [0.717, 1.165) is 45.4 Å². The van der Waals surface area contributed by atoms with Gasteiger partial charge in [-0.15, -0.1) is 15.0 Å². The third-order valence-electron chi connectivity index (χ3n) is 10.1. The van der Waals surface area contributed by atoms with Crippen LogP contribution in [-0.2, 0) is 35.9 Å². The van der Waals surface area contributed by atoms with Gasteiger partial charge >= 0.3 is 12.1 Å². The van der Waals surface area contributed by atoms with E-state index in [0.29, 0.717) is 12.2 Å². The first-order chi connectivity index (χ1) is 28.6. The summed E-state index contributed by atoms with van der Waals surface area (Å²) in [5, 5.41) is 14.6. The van der Waals surface area contributed by atoms with Crippen LogP contribution in [0.4, 0.5) is 4.79 Å². The predicted molar refractivity (Wildman–Crippen MR) is 226 cm³/mol. The maximum atomic E-state index is 13.7. The molecule has 0 fully saturated rings. The molecular formula is C48H51N5O6. The molecule has 59 heavy (non-hydrogen) atoms. The fourth-order valence-corrected chi connectivity index (χ4v) is 7.29. The molecule has 11 heteroatoms. The highest BCUT2D eigenvalue weighted by Crippen LogP contribution is 2.40.